The van der Waals surface area contributed by atoms with Crippen molar-refractivity contribution in [1.82, 2.24) is 15.3 Å². The third kappa shape index (κ3) is 4.29. The molecule has 0 saturated carbocycles. The van der Waals surface area contributed by atoms with Crippen molar-refractivity contribution in [3.05, 3.63) is 36.0 Å². The summed E-state index contributed by atoms with van der Waals surface area (Å²) < 4.78 is 5.45. The first-order valence-corrected chi connectivity index (χ1v) is 9.05. The number of aromatic nitrogens is 2. The molecule has 7 heteroatoms. The van der Waals surface area contributed by atoms with Crippen molar-refractivity contribution >= 4 is 17.5 Å². The zero-order valence-corrected chi connectivity index (χ0v) is 15.3. The smallest absolute Gasteiger partial charge is 0.319 e. The fraction of sp³-hybridized carbons (Fsp3) is 0.421. The van der Waals surface area contributed by atoms with E-state index < -0.39 is 0 Å². The molecule has 26 heavy (non-hydrogen) atoms. The van der Waals surface area contributed by atoms with Crippen molar-refractivity contribution in [3.8, 4) is 11.4 Å². The number of aryl methyl sites for hydroxylation is 1. The summed E-state index contributed by atoms with van der Waals surface area (Å²) >= 11 is 0. The fourth-order valence-corrected chi connectivity index (χ4v) is 2.87. The molecular weight excluding hydrogens is 330 g/mol. The molecule has 0 unspecified atom stereocenters. The van der Waals surface area contributed by atoms with Crippen LogP contribution in [0.15, 0.2) is 30.5 Å². The first kappa shape index (κ1) is 18.1. The van der Waals surface area contributed by atoms with Gasteiger partial charge in [-0.3, -0.25) is 0 Å². The molecule has 1 saturated heterocycles. The Balaban J connectivity index is 1.81. The summed E-state index contributed by atoms with van der Waals surface area (Å²) in [6.07, 6.45) is 2.80. The van der Waals surface area contributed by atoms with Crippen LogP contribution < -0.4 is 15.5 Å². The molecule has 1 aliphatic rings. The topological polar surface area (TPSA) is 79.4 Å². The minimum absolute atomic E-state index is 0.210. The number of hydrogen-bond donors (Lipinski definition) is 2. The lowest BCUT2D eigenvalue weighted by atomic mass is 10.1. The van der Waals surface area contributed by atoms with Gasteiger partial charge in [-0.15, -0.1) is 0 Å². The molecule has 0 aliphatic carbocycles. The Bertz CT molecular complexity index is 742. The van der Waals surface area contributed by atoms with Crippen LogP contribution >= 0.6 is 0 Å². The number of hydrogen-bond acceptors (Lipinski definition) is 5. The van der Waals surface area contributed by atoms with Crippen molar-refractivity contribution in [2.24, 2.45) is 0 Å². The summed E-state index contributed by atoms with van der Waals surface area (Å²) in [6.45, 7) is 7.73. The summed E-state index contributed by atoms with van der Waals surface area (Å²) in [4.78, 5) is 23.2. The maximum absolute atomic E-state index is 11.6. The molecular formula is C19H25N5O2. The van der Waals surface area contributed by atoms with Gasteiger partial charge in [0.25, 0.3) is 0 Å². The molecule has 1 aromatic carbocycles. The van der Waals surface area contributed by atoms with Gasteiger partial charge >= 0.3 is 6.03 Å². The van der Waals surface area contributed by atoms with Crippen LogP contribution in [0.4, 0.5) is 16.3 Å². The minimum atomic E-state index is -0.210. The zero-order chi connectivity index (χ0) is 18.4. The van der Waals surface area contributed by atoms with Crippen molar-refractivity contribution in [2.45, 2.75) is 20.3 Å². The van der Waals surface area contributed by atoms with Crippen LogP contribution in [-0.4, -0.2) is 48.8 Å². The highest BCUT2D eigenvalue weighted by molar-refractivity contribution is 5.89. The second kappa shape index (κ2) is 8.62. The van der Waals surface area contributed by atoms with Crippen LogP contribution in [0.2, 0.25) is 0 Å². The van der Waals surface area contributed by atoms with E-state index in [1.807, 2.05) is 37.4 Å². The van der Waals surface area contributed by atoms with Crippen molar-refractivity contribution in [3.63, 3.8) is 0 Å². The number of carbonyl (C=O) groups is 1. The predicted molar refractivity (Wildman–Crippen MR) is 103 cm³/mol. The molecule has 2 heterocycles. The summed E-state index contributed by atoms with van der Waals surface area (Å²) in [5.74, 6) is 1.68. The van der Waals surface area contributed by atoms with E-state index in [1.165, 1.54) is 0 Å². The van der Waals surface area contributed by atoms with E-state index in [0.717, 1.165) is 55.4 Å². The minimum Gasteiger partial charge on any atom is -0.378 e. The number of nitrogens with one attached hydrogen (secondary N) is 2. The van der Waals surface area contributed by atoms with Crippen molar-refractivity contribution in [2.75, 3.05) is 43.1 Å². The third-order valence-electron chi connectivity index (χ3n) is 4.27. The maximum atomic E-state index is 11.6. The number of morpholine rings is 1. The first-order chi connectivity index (χ1) is 12.7. The third-order valence-corrected chi connectivity index (χ3v) is 4.27. The Kier molecular flexibility index (Phi) is 6.01. The summed E-state index contributed by atoms with van der Waals surface area (Å²) in [7, 11) is 0. The molecule has 2 amide bonds. The lowest BCUT2D eigenvalue weighted by molar-refractivity contribution is 0.122. The van der Waals surface area contributed by atoms with Crippen LogP contribution in [-0.2, 0) is 11.2 Å². The van der Waals surface area contributed by atoms with E-state index in [2.05, 4.69) is 27.4 Å². The molecule has 1 aromatic heterocycles. The Morgan fingerprint density at radius 3 is 2.58 bits per heavy atom. The Morgan fingerprint density at radius 1 is 1.19 bits per heavy atom. The largest absolute Gasteiger partial charge is 0.378 e. The van der Waals surface area contributed by atoms with Gasteiger partial charge in [0.2, 0.25) is 0 Å². The summed E-state index contributed by atoms with van der Waals surface area (Å²) in [5, 5.41) is 5.50. The molecule has 0 radical (unpaired) electrons. The number of rotatable bonds is 5. The summed E-state index contributed by atoms with van der Waals surface area (Å²) in [5.41, 5.74) is 2.80. The molecule has 1 aliphatic heterocycles. The number of amides is 2. The summed E-state index contributed by atoms with van der Waals surface area (Å²) in [6, 6.07) is 7.35. The van der Waals surface area contributed by atoms with E-state index in [-0.39, 0.29) is 6.03 Å². The van der Waals surface area contributed by atoms with Crippen LogP contribution in [0.5, 0.6) is 0 Å². The lowest BCUT2D eigenvalue weighted by Gasteiger charge is -2.29. The highest BCUT2D eigenvalue weighted by Crippen LogP contribution is 2.24. The van der Waals surface area contributed by atoms with Gasteiger partial charge in [-0.25, -0.2) is 14.8 Å². The fourth-order valence-electron chi connectivity index (χ4n) is 2.87. The number of urea groups is 1. The van der Waals surface area contributed by atoms with E-state index >= 15 is 0 Å². The monoisotopic (exact) mass is 355 g/mol. The standard InChI is InChI=1S/C19H25N5O2/c1-3-14-13-21-17(23-18(14)24-9-11-26-12-10-24)15-5-7-16(8-6-15)22-19(25)20-4-2/h5-8,13H,3-4,9-12H2,1-2H3,(H2,20,22,25). The molecule has 7 nitrogen and oxygen atoms in total. The van der Waals surface area contributed by atoms with Gasteiger partial charge in [-0.1, -0.05) is 6.92 Å². The van der Waals surface area contributed by atoms with Crippen LogP contribution in [0.1, 0.15) is 19.4 Å². The average molecular weight is 355 g/mol. The second-order valence-electron chi connectivity index (χ2n) is 6.06. The van der Waals surface area contributed by atoms with E-state index in [4.69, 9.17) is 9.72 Å². The molecule has 3 rings (SSSR count). The normalized spacial score (nSPS) is 14.2. The maximum Gasteiger partial charge on any atom is 0.319 e. The highest BCUT2D eigenvalue weighted by Gasteiger charge is 2.17. The van der Waals surface area contributed by atoms with E-state index in [1.54, 1.807) is 0 Å². The number of carbonyl (C=O) groups excluding carboxylic acids is 1. The molecule has 1 fully saturated rings. The number of nitrogens with zero attached hydrogens (tertiary/aromatic N) is 3. The number of anilines is 2. The van der Waals surface area contributed by atoms with Gasteiger partial charge < -0.3 is 20.3 Å². The molecule has 2 N–H and O–H groups in total. The van der Waals surface area contributed by atoms with Gasteiger partial charge in [0.05, 0.1) is 13.2 Å². The number of benzene rings is 1. The molecule has 0 atom stereocenters. The zero-order valence-electron chi connectivity index (χ0n) is 15.3. The van der Waals surface area contributed by atoms with E-state index in [9.17, 15) is 4.79 Å². The van der Waals surface area contributed by atoms with Crippen molar-refractivity contribution in [1.29, 1.82) is 0 Å². The Morgan fingerprint density at radius 2 is 1.92 bits per heavy atom. The highest BCUT2D eigenvalue weighted by atomic mass is 16.5. The molecule has 138 valence electrons. The van der Waals surface area contributed by atoms with Gasteiger partial charge in [-0.2, -0.15) is 0 Å². The number of ether oxygens (including phenoxy) is 1. The van der Waals surface area contributed by atoms with Gasteiger partial charge in [-0.05, 0) is 37.6 Å². The molecule has 2 aromatic rings. The molecule has 0 spiro atoms. The van der Waals surface area contributed by atoms with E-state index in [0.29, 0.717) is 12.4 Å². The lowest BCUT2D eigenvalue weighted by Crippen LogP contribution is -2.37. The SMILES string of the molecule is CCNC(=O)Nc1ccc(-c2ncc(CC)c(N3CCOCC3)n2)cc1. The van der Waals surface area contributed by atoms with Gasteiger partial charge in [0, 0.05) is 42.6 Å². The molecule has 0 bridgehead atoms. The predicted octanol–water partition coefficient (Wildman–Crippen LogP) is 2.68. The Hall–Kier alpha value is -2.67. The van der Waals surface area contributed by atoms with Gasteiger partial charge in [0.15, 0.2) is 5.82 Å². The van der Waals surface area contributed by atoms with Crippen LogP contribution in [0.25, 0.3) is 11.4 Å². The Labute approximate surface area is 153 Å². The van der Waals surface area contributed by atoms with Crippen LogP contribution in [0, 0.1) is 0 Å². The second-order valence-corrected chi connectivity index (χ2v) is 6.06. The van der Waals surface area contributed by atoms with Crippen LogP contribution in [0.3, 0.4) is 0 Å². The average Bonchev–Trinajstić information content (AvgIpc) is 2.69. The van der Waals surface area contributed by atoms with Gasteiger partial charge in [0.1, 0.15) is 5.82 Å². The first-order valence-electron chi connectivity index (χ1n) is 9.05. The van der Waals surface area contributed by atoms with Crippen molar-refractivity contribution < 1.29 is 9.53 Å². The quantitative estimate of drug-likeness (QED) is 0.862.